The van der Waals surface area contributed by atoms with Crippen molar-refractivity contribution in [2.24, 2.45) is 23.5 Å². The molecule has 0 saturated heterocycles. The Bertz CT molecular complexity index is 378. The summed E-state index contributed by atoms with van der Waals surface area (Å²) >= 11 is 0. The predicted octanol–water partition coefficient (Wildman–Crippen LogP) is 3.30. The zero-order valence-corrected chi connectivity index (χ0v) is 10.1. The van der Waals surface area contributed by atoms with Crippen LogP contribution in [0.15, 0.2) is 24.3 Å². The third-order valence-electron chi connectivity index (χ3n) is 4.92. The summed E-state index contributed by atoms with van der Waals surface area (Å²) in [5.74, 6) is 2.64. The summed E-state index contributed by atoms with van der Waals surface area (Å²) in [6, 6.07) is 7.10. The quantitative estimate of drug-likeness (QED) is 0.833. The lowest BCUT2D eigenvalue weighted by atomic mass is 9.57. The van der Waals surface area contributed by atoms with Crippen LogP contribution in [0.4, 0.5) is 4.39 Å². The van der Waals surface area contributed by atoms with Gasteiger partial charge in [0.15, 0.2) is 0 Å². The molecule has 1 aromatic rings. The van der Waals surface area contributed by atoms with E-state index in [1.807, 2.05) is 12.1 Å². The Labute approximate surface area is 102 Å². The van der Waals surface area contributed by atoms with Crippen molar-refractivity contribution >= 4 is 0 Å². The first-order chi connectivity index (χ1) is 8.29. The zero-order valence-electron chi connectivity index (χ0n) is 10.1. The van der Waals surface area contributed by atoms with E-state index in [9.17, 15) is 4.39 Å². The van der Waals surface area contributed by atoms with Crippen LogP contribution in [-0.2, 0) is 0 Å². The summed E-state index contributed by atoms with van der Waals surface area (Å²) in [7, 11) is 0. The van der Waals surface area contributed by atoms with Gasteiger partial charge in [-0.3, -0.25) is 0 Å². The van der Waals surface area contributed by atoms with E-state index in [0.29, 0.717) is 11.8 Å². The molecule has 92 valence electrons. The van der Waals surface area contributed by atoms with Gasteiger partial charge >= 0.3 is 0 Å². The van der Waals surface area contributed by atoms with Crippen molar-refractivity contribution in [3.8, 4) is 0 Å². The molecule has 0 aromatic heterocycles. The second-order valence-electron chi connectivity index (χ2n) is 5.65. The van der Waals surface area contributed by atoms with Crippen LogP contribution in [0.25, 0.3) is 0 Å². The van der Waals surface area contributed by atoms with Gasteiger partial charge < -0.3 is 5.73 Å². The van der Waals surface area contributed by atoms with E-state index in [0.717, 1.165) is 18.4 Å². The largest absolute Gasteiger partial charge is 0.330 e. The fraction of sp³-hybridized carbons (Fsp3) is 0.600. The Morgan fingerprint density at radius 1 is 1.00 bits per heavy atom. The molecular formula is C15H20FN. The van der Waals surface area contributed by atoms with E-state index < -0.39 is 0 Å². The van der Waals surface area contributed by atoms with Crippen molar-refractivity contribution in [1.82, 2.24) is 0 Å². The molecule has 0 radical (unpaired) electrons. The molecule has 4 rings (SSSR count). The van der Waals surface area contributed by atoms with Crippen molar-refractivity contribution in [1.29, 1.82) is 0 Å². The number of hydrogen-bond donors (Lipinski definition) is 1. The fourth-order valence-electron chi connectivity index (χ4n) is 4.12. The molecule has 3 fully saturated rings. The molecule has 2 heteroatoms. The molecule has 0 spiro atoms. The van der Waals surface area contributed by atoms with Crippen molar-refractivity contribution in [2.45, 2.75) is 31.6 Å². The first-order valence-corrected chi connectivity index (χ1v) is 6.75. The van der Waals surface area contributed by atoms with Crippen LogP contribution in [0.5, 0.6) is 0 Å². The zero-order chi connectivity index (χ0) is 11.8. The number of nitrogens with two attached hydrogens (primary N) is 1. The molecule has 3 aliphatic rings. The normalized spacial score (nSPS) is 36.1. The minimum absolute atomic E-state index is 0.140. The molecule has 1 aromatic carbocycles. The van der Waals surface area contributed by atoms with Crippen molar-refractivity contribution in [2.75, 3.05) is 6.54 Å². The minimum Gasteiger partial charge on any atom is -0.330 e. The van der Waals surface area contributed by atoms with Crippen LogP contribution in [0.3, 0.4) is 0 Å². The average molecular weight is 233 g/mol. The van der Waals surface area contributed by atoms with Gasteiger partial charge in [-0.25, -0.2) is 4.39 Å². The lowest BCUT2D eigenvalue weighted by Crippen LogP contribution is -2.42. The number of rotatable bonds is 2. The second-order valence-corrected chi connectivity index (χ2v) is 5.65. The number of hydrogen-bond acceptors (Lipinski definition) is 1. The molecule has 0 heterocycles. The molecule has 1 nitrogen and oxygen atoms in total. The highest BCUT2D eigenvalue weighted by Gasteiger charge is 2.43. The van der Waals surface area contributed by atoms with Gasteiger partial charge in [0, 0.05) is 0 Å². The van der Waals surface area contributed by atoms with Gasteiger partial charge in [0.05, 0.1) is 0 Å². The first kappa shape index (κ1) is 11.2. The second kappa shape index (κ2) is 4.41. The summed E-state index contributed by atoms with van der Waals surface area (Å²) in [5.41, 5.74) is 7.28. The molecule has 2 bridgehead atoms. The topological polar surface area (TPSA) is 26.0 Å². The maximum absolute atomic E-state index is 13.0. The molecule has 0 aliphatic heterocycles. The molecule has 0 unspecified atom stereocenters. The SMILES string of the molecule is NC[C@H]1C2CCC(CC2)[C@@H]1c1ccc(F)cc1. The van der Waals surface area contributed by atoms with Crippen LogP contribution in [0.1, 0.15) is 37.2 Å². The Balaban J connectivity index is 1.92. The van der Waals surface area contributed by atoms with Crippen LogP contribution >= 0.6 is 0 Å². The maximum Gasteiger partial charge on any atom is 0.123 e. The number of halogens is 1. The van der Waals surface area contributed by atoms with E-state index in [1.54, 1.807) is 12.1 Å². The van der Waals surface area contributed by atoms with Gasteiger partial charge in [0.2, 0.25) is 0 Å². The van der Waals surface area contributed by atoms with Gasteiger partial charge in [-0.05, 0) is 73.6 Å². The van der Waals surface area contributed by atoms with E-state index >= 15 is 0 Å². The van der Waals surface area contributed by atoms with Gasteiger partial charge in [-0.1, -0.05) is 12.1 Å². The number of fused-ring (bicyclic) bond motifs is 3. The fourth-order valence-corrected chi connectivity index (χ4v) is 4.12. The Hall–Kier alpha value is -0.890. The van der Waals surface area contributed by atoms with Crippen molar-refractivity contribution in [3.63, 3.8) is 0 Å². The average Bonchev–Trinajstić information content (AvgIpc) is 2.40. The van der Waals surface area contributed by atoms with Crippen LogP contribution in [-0.4, -0.2) is 6.54 Å². The predicted molar refractivity (Wildman–Crippen MR) is 67.1 cm³/mol. The van der Waals surface area contributed by atoms with E-state index in [1.165, 1.54) is 31.2 Å². The lowest BCUT2D eigenvalue weighted by molar-refractivity contribution is 0.0731. The van der Waals surface area contributed by atoms with Gasteiger partial charge in [-0.15, -0.1) is 0 Å². The van der Waals surface area contributed by atoms with Gasteiger partial charge in [0.1, 0.15) is 5.82 Å². The highest BCUT2D eigenvalue weighted by Crippen LogP contribution is 2.52. The summed E-state index contributed by atoms with van der Waals surface area (Å²) in [6.07, 6.45) is 5.38. The maximum atomic E-state index is 13.0. The Kier molecular flexibility index (Phi) is 2.91. The Morgan fingerprint density at radius 2 is 1.59 bits per heavy atom. The monoisotopic (exact) mass is 233 g/mol. The molecule has 3 saturated carbocycles. The highest BCUT2D eigenvalue weighted by molar-refractivity contribution is 5.24. The molecule has 2 atom stereocenters. The minimum atomic E-state index is -0.140. The van der Waals surface area contributed by atoms with Crippen molar-refractivity contribution in [3.05, 3.63) is 35.6 Å². The summed E-state index contributed by atoms with van der Waals surface area (Å²) in [4.78, 5) is 0. The third kappa shape index (κ3) is 1.89. The molecule has 17 heavy (non-hydrogen) atoms. The third-order valence-corrected chi connectivity index (χ3v) is 4.92. The van der Waals surface area contributed by atoms with E-state index in [-0.39, 0.29) is 5.82 Å². The molecular weight excluding hydrogens is 213 g/mol. The smallest absolute Gasteiger partial charge is 0.123 e. The van der Waals surface area contributed by atoms with Crippen LogP contribution < -0.4 is 5.73 Å². The van der Waals surface area contributed by atoms with E-state index in [4.69, 9.17) is 5.73 Å². The molecule has 3 aliphatic carbocycles. The first-order valence-electron chi connectivity index (χ1n) is 6.75. The Morgan fingerprint density at radius 3 is 2.18 bits per heavy atom. The standard InChI is InChI=1S/C15H20FN/c16-13-7-5-12(6-8-13)15-11-3-1-10(2-4-11)14(15)9-17/h5-8,10-11,14-15H,1-4,9,17H2/t10?,11?,14-,15+/m0/s1. The summed E-state index contributed by atoms with van der Waals surface area (Å²) < 4.78 is 13.0. The lowest BCUT2D eigenvalue weighted by Gasteiger charge is -2.48. The molecule has 0 amide bonds. The van der Waals surface area contributed by atoms with Crippen LogP contribution in [0.2, 0.25) is 0 Å². The van der Waals surface area contributed by atoms with Crippen LogP contribution in [0, 0.1) is 23.6 Å². The summed E-state index contributed by atoms with van der Waals surface area (Å²) in [5, 5.41) is 0. The van der Waals surface area contributed by atoms with Gasteiger partial charge in [-0.2, -0.15) is 0 Å². The van der Waals surface area contributed by atoms with Crippen molar-refractivity contribution < 1.29 is 4.39 Å². The van der Waals surface area contributed by atoms with Gasteiger partial charge in [0.25, 0.3) is 0 Å². The van der Waals surface area contributed by atoms with E-state index in [2.05, 4.69) is 0 Å². The highest BCUT2D eigenvalue weighted by atomic mass is 19.1. The molecule has 2 N–H and O–H groups in total. The summed E-state index contributed by atoms with van der Waals surface area (Å²) in [6.45, 7) is 0.781. The number of benzene rings is 1.